The fourth-order valence-corrected chi connectivity index (χ4v) is 0.995. The number of ether oxygens (including phenoxy) is 1. The van der Waals surface area contributed by atoms with Crippen molar-refractivity contribution in [3.05, 3.63) is 5.69 Å². The van der Waals surface area contributed by atoms with Crippen molar-refractivity contribution in [2.45, 2.75) is 52.6 Å². The highest BCUT2D eigenvalue weighted by atomic mass is 16.6. The Morgan fingerprint density at radius 1 is 1.00 bits per heavy atom. The summed E-state index contributed by atoms with van der Waals surface area (Å²) < 4.78 is 10.3. The van der Waals surface area contributed by atoms with Crippen molar-refractivity contribution in [3.63, 3.8) is 0 Å². The molecular weight excluding hydrogens is 180 g/mol. The van der Waals surface area contributed by atoms with Crippen molar-refractivity contribution in [3.8, 4) is 5.88 Å². The van der Waals surface area contributed by atoms with Gasteiger partial charge in [0.2, 0.25) is 0 Å². The lowest BCUT2D eigenvalue weighted by atomic mass is 9.92. The van der Waals surface area contributed by atoms with Gasteiger partial charge in [-0.1, -0.05) is 25.9 Å². The first kappa shape index (κ1) is 11.0. The molecule has 4 nitrogen and oxygen atoms in total. The Kier molecular flexibility index (Phi) is 2.56. The molecule has 0 aromatic carbocycles. The molecule has 1 rings (SSSR count). The second kappa shape index (κ2) is 3.26. The average Bonchev–Trinajstić information content (AvgIpc) is 2.29. The van der Waals surface area contributed by atoms with Gasteiger partial charge in [0, 0.05) is 5.41 Å². The normalized spacial score (nSPS) is 13.0. The van der Waals surface area contributed by atoms with Gasteiger partial charge in [0.15, 0.2) is 5.69 Å². The number of aromatic nitrogens is 2. The van der Waals surface area contributed by atoms with E-state index in [0.717, 1.165) is 5.69 Å². The number of hydrogen-bond donors (Lipinski definition) is 0. The minimum atomic E-state index is -0.279. The summed E-state index contributed by atoms with van der Waals surface area (Å²) >= 11 is 0. The van der Waals surface area contributed by atoms with Gasteiger partial charge in [-0.15, -0.1) is 0 Å². The zero-order chi connectivity index (χ0) is 11.0. The molecule has 1 aromatic heterocycles. The molecule has 0 N–H and O–H groups in total. The topological polar surface area (TPSA) is 48.2 Å². The lowest BCUT2D eigenvalue weighted by Gasteiger charge is -2.22. The molecule has 0 radical (unpaired) electrons. The largest absolute Gasteiger partial charge is 0.468 e. The third-order valence-electron chi connectivity index (χ3n) is 1.57. The predicted octanol–water partition coefficient (Wildman–Crippen LogP) is 2.54. The van der Waals surface area contributed by atoms with Gasteiger partial charge < -0.3 is 4.74 Å². The van der Waals surface area contributed by atoms with Crippen molar-refractivity contribution in [2.24, 2.45) is 0 Å². The second-order valence-electron chi connectivity index (χ2n) is 5.38. The molecular formula is C10H18N2O2. The fraction of sp³-hybridized carbons (Fsp3) is 0.800. The van der Waals surface area contributed by atoms with Gasteiger partial charge in [-0.05, 0) is 25.9 Å². The molecule has 4 heteroatoms. The van der Waals surface area contributed by atoms with Crippen LogP contribution in [0.4, 0.5) is 0 Å². The fourth-order valence-electron chi connectivity index (χ4n) is 0.995. The smallest absolute Gasteiger partial charge is 0.280 e. The van der Waals surface area contributed by atoms with Crippen LogP contribution >= 0.6 is 0 Å². The predicted molar refractivity (Wildman–Crippen MR) is 53.4 cm³/mol. The third kappa shape index (κ3) is 2.72. The molecule has 80 valence electrons. The molecule has 0 amide bonds. The van der Waals surface area contributed by atoms with E-state index in [-0.39, 0.29) is 11.0 Å². The van der Waals surface area contributed by atoms with E-state index in [2.05, 4.69) is 10.3 Å². The molecule has 0 aliphatic heterocycles. The molecule has 0 spiro atoms. The Labute approximate surface area is 84.6 Å². The Hall–Kier alpha value is -1.06. The highest BCUT2D eigenvalue weighted by Gasteiger charge is 2.27. The second-order valence-corrected chi connectivity index (χ2v) is 5.38. The van der Waals surface area contributed by atoms with Crippen molar-refractivity contribution in [1.29, 1.82) is 0 Å². The van der Waals surface area contributed by atoms with Crippen molar-refractivity contribution >= 4 is 0 Å². The average molecular weight is 198 g/mol. The maximum Gasteiger partial charge on any atom is 0.280 e. The van der Waals surface area contributed by atoms with Crippen LogP contribution in [0.3, 0.4) is 0 Å². The van der Waals surface area contributed by atoms with Crippen molar-refractivity contribution < 1.29 is 9.37 Å². The Balaban J connectivity index is 2.95. The summed E-state index contributed by atoms with van der Waals surface area (Å²) in [4.78, 5) is 0. The van der Waals surface area contributed by atoms with Crippen LogP contribution in [0.5, 0.6) is 5.88 Å². The summed E-state index contributed by atoms with van der Waals surface area (Å²) in [6.07, 6.45) is 0. The Morgan fingerprint density at radius 2 is 1.57 bits per heavy atom. The Bertz CT molecular complexity index is 305. The first-order valence-electron chi connectivity index (χ1n) is 4.72. The van der Waals surface area contributed by atoms with Gasteiger partial charge >= 0.3 is 0 Å². The molecule has 0 atom stereocenters. The SMILES string of the molecule is CC(C)(C)Oc1nonc1C(C)(C)C. The van der Waals surface area contributed by atoms with E-state index in [4.69, 9.17) is 9.37 Å². The summed E-state index contributed by atoms with van der Waals surface area (Å²) in [6, 6.07) is 0. The molecule has 0 unspecified atom stereocenters. The van der Waals surface area contributed by atoms with E-state index in [9.17, 15) is 0 Å². The summed E-state index contributed by atoms with van der Waals surface area (Å²) in [6.45, 7) is 12.0. The molecule has 0 bridgehead atoms. The standard InChI is InChI=1S/C10H18N2O2/c1-9(2,3)7-8(12-14-11-7)13-10(4,5)6/h1-6H3. The van der Waals surface area contributed by atoms with Crippen LogP contribution in [0.2, 0.25) is 0 Å². The van der Waals surface area contributed by atoms with Gasteiger partial charge in [0.25, 0.3) is 5.88 Å². The van der Waals surface area contributed by atoms with E-state index in [1.165, 1.54) is 0 Å². The third-order valence-corrected chi connectivity index (χ3v) is 1.57. The zero-order valence-electron chi connectivity index (χ0n) is 9.71. The molecule has 0 fully saturated rings. The van der Waals surface area contributed by atoms with Crippen LogP contribution in [0.25, 0.3) is 0 Å². The minimum absolute atomic E-state index is 0.111. The Morgan fingerprint density at radius 3 is 2.00 bits per heavy atom. The number of hydrogen-bond acceptors (Lipinski definition) is 4. The molecule has 0 aliphatic carbocycles. The molecule has 0 saturated carbocycles. The van der Waals surface area contributed by atoms with Crippen LogP contribution in [0.15, 0.2) is 4.63 Å². The van der Waals surface area contributed by atoms with E-state index in [0.29, 0.717) is 5.88 Å². The van der Waals surface area contributed by atoms with Gasteiger partial charge in [-0.3, -0.25) is 0 Å². The van der Waals surface area contributed by atoms with E-state index >= 15 is 0 Å². The highest BCUT2D eigenvalue weighted by Crippen LogP contribution is 2.29. The van der Waals surface area contributed by atoms with E-state index < -0.39 is 0 Å². The molecule has 0 saturated heterocycles. The zero-order valence-corrected chi connectivity index (χ0v) is 9.71. The molecule has 1 aromatic rings. The highest BCUT2D eigenvalue weighted by molar-refractivity contribution is 5.23. The van der Waals surface area contributed by atoms with E-state index in [1.807, 2.05) is 41.5 Å². The maximum atomic E-state index is 5.63. The number of nitrogens with zero attached hydrogens (tertiary/aromatic N) is 2. The van der Waals surface area contributed by atoms with Crippen molar-refractivity contribution in [1.82, 2.24) is 10.3 Å². The monoisotopic (exact) mass is 198 g/mol. The quantitative estimate of drug-likeness (QED) is 0.695. The first-order valence-corrected chi connectivity index (χ1v) is 4.72. The summed E-state index contributed by atoms with van der Waals surface area (Å²) in [5.74, 6) is 0.491. The van der Waals surface area contributed by atoms with Gasteiger partial charge in [-0.2, -0.15) is 0 Å². The van der Waals surface area contributed by atoms with Crippen molar-refractivity contribution in [2.75, 3.05) is 0 Å². The molecule has 0 aliphatic rings. The van der Waals surface area contributed by atoms with E-state index in [1.54, 1.807) is 0 Å². The van der Waals surface area contributed by atoms with Gasteiger partial charge in [-0.25, -0.2) is 4.63 Å². The summed E-state index contributed by atoms with van der Waals surface area (Å²) in [5, 5.41) is 7.62. The minimum Gasteiger partial charge on any atom is -0.468 e. The molecule has 1 heterocycles. The first-order chi connectivity index (χ1) is 6.20. The number of rotatable bonds is 1. The van der Waals surface area contributed by atoms with Gasteiger partial charge in [0.1, 0.15) is 5.60 Å². The van der Waals surface area contributed by atoms with Crippen LogP contribution in [0.1, 0.15) is 47.2 Å². The lowest BCUT2D eigenvalue weighted by Crippen LogP contribution is -2.25. The maximum absolute atomic E-state index is 5.63. The van der Waals surface area contributed by atoms with Gasteiger partial charge in [0.05, 0.1) is 0 Å². The van der Waals surface area contributed by atoms with Crippen LogP contribution in [-0.2, 0) is 5.41 Å². The van der Waals surface area contributed by atoms with Crippen LogP contribution in [0, 0.1) is 0 Å². The summed E-state index contributed by atoms with van der Waals surface area (Å²) in [5.41, 5.74) is 0.367. The lowest BCUT2D eigenvalue weighted by molar-refractivity contribution is 0.114. The van der Waals surface area contributed by atoms with Crippen LogP contribution < -0.4 is 4.74 Å². The molecule has 14 heavy (non-hydrogen) atoms. The summed E-state index contributed by atoms with van der Waals surface area (Å²) in [7, 11) is 0. The van der Waals surface area contributed by atoms with Crippen LogP contribution in [-0.4, -0.2) is 15.9 Å².